The van der Waals surface area contributed by atoms with Crippen molar-refractivity contribution in [2.75, 3.05) is 25.5 Å². The number of aryl methyl sites for hydroxylation is 1. The van der Waals surface area contributed by atoms with Crippen molar-refractivity contribution in [2.45, 2.75) is 33.2 Å². The molecule has 5 heteroatoms. The van der Waals surface area contributed by atoms with Crippen LogP contribution in [0.25, 0.3) is 0 Å². The van der Waals surface area contributed by atoms with Gasteiger partial charge in [0.05, 0.1) is 7.05 Å². The van der Waals surface area contributed by atoms with E-state index in [1.807, 2.05) is 45.2 Å². The van der Waals surface area contributed by atoms with Crippen LogP contribution in [0, 0.1) is 0 Å². The zero-order valence-electron chi connectivity index (χ0n) is 13.3. The molecule has 116 valence electrons. The SMILES string of the molecule is CCNC(=O)[C@@H](C)[NH+](C)CC(=O)Nc1ccccc1CC. The molecule has 0 fully saturated rings. The number of hydrogen-bond donors (Lipinski definition) is 3. The van der Waals surface area contributed by atoms with Crippen molar-refractivity contribution >= 4 is 17.5 Å². The highest BCUT2D eigenvalue weighted by Gasteiger charge is 2.23. The van der Waals surface area contributed by atoms with E-state index < -0.39 is 0 Å². The van der Waals surface area contributed by atoms with Gasteiger partial charge in [-0.2, -0.15) is 0 Å². The first kappa shape index (κ1) is 17.2. The molecule has 0 saturated heterocycles. The first-order valence-corrected chi connectivity index (χ1v) is 7.47. The summed E-state index contributed by atoms with van der Waals surface area (Å²) in [7, 11) is 1.85. The second-order valence-corrected chi connectivity index (χ2v) is 5.20. The number of hydrogen-bond acceptors (Lipinski definition) is 2. The van der Waals surface area contributed by atoms with E-state index in [0.717, 1.165) is 22.6 Å². The molecule has 1 aromatic rings. The number of benzene rings is 1. The van der Waals surface area contributed by atoms with Crippen molar-refractivity contribution in [1.29, 1.82) is 0 Å². The van der Waals surface area contributed by atoms with Crippen molar-refractivity contribution in [3.8, 4) is 0 Å². The predicted molar refractivity (Wildman–Crippen MR) is 84.3 cm³/mol. The molecule has 1 rings (SSSR count). The fourth-order valence-corrected chi connectivity index (χ4v) is 2.10. The Balaban J connectivity index is 2.59. The molecule has 0 aliphatic rings. The highest BCUT2D eigenvalue weighted by molar-refractivity contribution is 5.92. The fourth-order valence-electron chi connectivity index (χ4n) is 2.10. The molecule has 0 saturated carbocycles. The van der Waals surface area contributed by atoms with E-state index in [-0.39, 0.29) is 24.4 Å². The van der Waals surface area contributed by atoms with Crippen LogP contribution >= 0.6 is 0 Å². The summed E-state index contributed by atoms with van der Waals surface area (Å²) in [4.78, 5) is 24.7. The van der Waals surface area contributed by atoms with E-state index in [2.05, 4.69) is 17.6 Å². The molecule has 0 aliphatic carbocycles. The van der Waals surface area contributed by atoms with Gasteiger partial charge in [0.2, 0.25) is 0 Å². The van der Waals surface area contributed by atoms with Gasteiger partial charge in [0, 0.05) is 12.2 Å². The highest BCUT2D eigenvalue weighted by atomic mass is 16.2. The van der Waals surface area contributed by atoms with Crippen molar-refractivity contribution < 1.29 is 14.5 Å². The van der Waals surface area contributed by atoms with Gasteiger partial charge in [0.15, 0.2) is 12.6 Å². The maximum atomic E-state index is 12.1. The monoisotopic (exact) mass is 292 g/mol. The fraction of sp³-hybridized carbons (Fsp3) is 0.500. The lowest BCUT2D eigenvalue weighted by Crippen LogP contribution is -3.15. The van der Waals surface area contributed by atoms with Gasteiger partial charge in [0.25, 0.3) is 11.8 Å². The largest absolute Gasteiger partial charge is 0.351 e. The molecule has 0 spiro atoms. The van der Waals surface area contributed by atoms with Crippen LogP contribution in [0.5, 0.6) is 0 Å². The molecule has 5 nitrogen and oxygen atoms in total. The zero-order chi connectivity index (χ0) is 15.8. The van der Waals surface area contributed by atoms with Gasteiger partial charge in [0.1, 0.15) is 0 Å². The van der Waals surface area contributed by atoms with E-state index in [1.54, 1.807) is 0 Å². The molecule has 0 bridgehead atoms. The number of nitrogens with one attached hydrogen (secondary N) is 3. The first-order valence-electron chi connectivity index (χ1n) is 7.47. The summed E-state index contributed by atoms with van der Waals surface area (Å²) < 4.78 is 0. The Bertz CT molecular complexity index is 488. The Labute approximate surface area is 126 Å². The smallest absolute Gasteiger partial charge is 0.279 e. The molecule has 0 aliphatic heterocycles. The molecule has 0 aromatic heterocycles. The van der Waals surface area contributed by atoms with Gasteiger partial charge in [-0.15, -0.1) is 0 Å². The Morgan fingerprint density at radius 2 is 1.90 bits per heavy atom. The highest BCUT2D eigenvalue weighted by Crippen LogP contribution is 2.14. The lowest BCUT2D eigenvalue weighted by Gasteiger charge is -2.20. The third kappa shape index (κ3) is 5.19. The Hall–Kier alpha value is -1.88. The molecule has 2 amide bonds. The van der Waals surface area contributed by atoms with Crippen LogP contribution in [0.4, 0.5) is 5.69 Å². The number of carbonyl (C=O) groups excluding carboxylic acids is 2. The topological polar surface area (TPSA) is 62.6 Å². The van der Waals surface area contributed by atoms with Crippen LogP contribution in [-0.4, -0.2) is 38.0 Å². The van der Waals surface area contributed by atoms with Crippen LogP contribution in [0.2, 0.25) is 0 Å². The average Bonchev–Trinajstić information content (AvgIpc) is 2.47. The van der Waals surface area contributed by atoms with Crippen molar-refractivity contribution in [3.05, 3.63) is 29.8 Å². The number of para-hydroxylation sites is 1. The Morgan fingerprint density at radius 1 is 1.24 bits per heavy atom. The minimum Gasteiger partial charge on any atom is -0.351 e. The van der Waals surface area contributed by atoms with Gasteiger partial charge < -0.3 is 15.5 Å². The summed E-state index contributed by atoms with van der Waals surface area (Å²) in [5.41, 5.74) is 1.96. The van der Waals surface area contributed by atoms with Gasteiger partial charge in [-0.25, -0.2) is 0 Å². The summed E-state index contributed by atoms with van der Waals surface area (Å²) in [6.07, 6.45) is 0.870. The molecule has 3 N–H and O–H groups in total. The van der Waals surface area contributed by atoms with Crippen LogP contribution < -0.4 is 15.5 Å². The van der Waals surface area contributed by atoms with Gasteiger partial charge in [-0.3, -0.25) is 9.59 Å². The lowest BCUT2D eigenvalue weighted by molar-refractivity contribution is -0.885. The average molecular weight is 292 g/mol. The first-order chi connectivity index (χ1) is 9.99. The third-order valence-corrected chi connectivity index (χ3v) is 3.60. The van der Waals surface area contributed by atoms with Crippen LogP contribution in [0.15, 0.2) is 24.3 Å². The maximum Gasteiger partial charge on any atom is 0.279 e. The number of carbonyl (C=O) groups is 2. The van der Waals surface area contributed by atoms with Crippen LogP contribution in [0.3, 0.4) is 0 Å². The second kappa shape index (κ2) is 8.42. The minimum atomic E-state index is -0.253. The number of likely N-dealkylation sites (N-methyl/N-ethyl adjacent to an activating group) is 2. The number of anilines is 1. The summed E-state index contributed by atoms with van der Waals surface area (Å²) in [5, 5.41) is 5.70. The quantitative estimate of drug-likeness (QED) is 0.673. The Morgan fingerprint density at radius 3 is 2.52 bits per heavy atom. The molecule has 2 atom stereocenters. The summed E-state index contributed by atoms with van der Waals surface area (Å²) in [6.45, 7) is 6.63. The lowest BCUT2D eigenvalue weighted by atomic mass is 10.1. The normalized spacial score (nSPS) is 13.3. The maximum absolute atomic E-state index is 12.1. The molecule has 0 radical (unpaired) electrons. The standard InChI is InChI=1S/C16H25N3O2/c1-5-13-9-7-8-10-14(13)18-15(20)11-19(4)12(3)16(21)17-6-2/h7-10,12H,5-6,11H2,1-4H3,(H,17,21)(H,18,20)/p+1/t12-/m1/s1. The van der Waals surface area contributed by atoms with Crippen molar-refractivity contribution in [3.63, 3.8) is 0 Å². The molecular weight excluding hydrogens is 266 g/mol. The number of amides is 2. The van der Waals surface area contributed by atoms with Crippen molar-refractivity contribution in [2.24, 2.45) is 0 Å². The summed E-state index contributed by atoms with van der Waals surface area (Å²) >= 11 is 0. The molecule has 1 aromatic carbocycles. The summed E-state index contributed by atoms with van der Waals surface area (Å²) in [6, 6.07) is 7.52. The number of rotatable bonds is 7. The summed E-state index contributed by atoms with van der Waals surface area (Å²) in [5.74, 6) is -0.110. The minimum absolute atomic E-state index is 0.0308. The van der Waals surface area contributed by atoms with Gasteiger partial charge >= 0.3 is 0 Å². The predicted octanol–water partition coefficient (Wildman–Crippen LogP) is 0.227. The van der Waals surface area contributed by atoms with E-state index in [0.29, 0.717) is 6.54 Å². The van der Waals surface area contributed by atoms with E-state index >= 15 is 0 Å². The zero-order valence-corrected chi connectivity index (χ0v) is 13.3. The van der Waals surface area contributed by atoms with E-state index in [4.69, 9.17) is 0 Å². The van der Waals surface area contributed by atoms with Crippen LogP contribution in [-0.2, 0) is 16.0 Å². The second-order valence-electron chi connectivity index (χ2n) is 5.20. The number of quaternary nitrogens is 1. The molecule has 0 heterocycles. The molecular formula is C16H26N3O2+. The van der Waals surface area contributed by atoms with Crippen molar-refractivity contribution in [1.82, 2.24) is 5.32 Å². The van der Waals surface area contributed by atoms with E-state index in [1.165, 1.54) is 0 Å². The van der Waals surface area contributed by atoms with Gasteiger partial charge in [-0.05, 0) is 31.9 Å². The van der Waals surface area contributed by atoms with E-state index in [9.17, 15) is 9.59 Å². The third-order valence-electron chi connectivity index (χ3n) is 3.60. The van der Waals surface area contributed by atoms with Crippen LogP contribution in [0.1, 0.15) is 26.3 Å². The molecule has 1 unspecified atom stereocenters. The Kier molecular flexibility index (Phi) is 6.88. The van der Waals surface area contributed by atoms with Gasteiger partial charge in [-0.1, -0.05) is 25.1 Å². The molecule has 21 heavy (non-hydrogen) atoms.